The van der Waals surface area contributed by atoms with E-state index in [9.17, 15) is 10.2 Å². The summed E-state index contributed by atoms with van der Waals surface area (Å²) in [5.74, 6) is 1.79. The normalized spacial score (nSPS) is 25.8. The lowest BCUT2D eigenvalue weighted by Crippen LogP contribution is -2.47. The van der Waals surface area contributed by atoms with Crippen LogP contribution in [-0.2, 0) is 22.3 Å². The Morgan fingerprint density at radius 3 is 2.45 bits per heavy atom. The van der Waals surface area contributed by atoms with Crippen molar-refractivity contribution in [2.75, 3.05) is 54.2 Å². The average molecular weight is 584 g/mol. The van der Waals surface area contributed by atoms with E-state index in [1.54, 1.807) is 39.7 Å². The van der Waals surface area contributed by atoms with Crippen LogP contribution in [0.1, 0.15) is 55.8 Å². The molecule has 2 aromatic carbocycles. The van der Waals surface area contributed by atoms with Gasteiger partial charge in [0.1, 0.15) is 12.0 Å². The number of nitrogen functional groups attached to an aromatic ring is 1. The average Bonchev–Trinajstić information content (AvgIpc) is 2.96. The zero-order chi connectivity index (χ0) is 30.6. The Bertz CT molecular complexity index is 1230. The Morgan fingerprint density at radius 1 is 1.05 bits per heavy atom. The van der Waals surface area contributed by atoms with Crippen LogP contribution in [0.4, 0.5) is 5.69 Å². The number of phenolic OH excluding ortho intramolecular Hbond substituents is 2. The molecule has 0 radical (unpaired) electrons. The van der Waals surface area contributed by atoms with Crippen molar-refractivity contribution in [2.24, 2.45) is 11.8 Å². The van der Waals surface area contributed by atoms with Crippen LogP contribution < -0.4 is 15.2 Å². The van der Waals surface area contributed by atoms with Gasteiger partial charge in [0.05, 0.1) is 26.0 Å². The van der Waals surface area contributed by atoms with Gasteiger partial charge in [-0.15, -0.1) is 0 Å². The fourth-order valence-corrected chi connectivity index (χ4v) is 6.97. The number of benzene rings is 2. The molecule has 0 amide bonds. The van der Waals surface area contributed by atoms with Gasteiger partial charge in [0.25, 0.3) is 0 Å². The number of fused-ring (bicyclic) bond motifs is 1. The number of nitrogens with two attached hydrogens (primary N) is 1. The van der Waals surface area contributed by atoms with Gasteiger partial charge in [-0.1, -0.05) is 13.8 Å². The summed E-state index contributed by atoms with van der Waals surface area (Å²) in [6.45, 7) is 6.34. The second-order valence-electron chi connectivity index (χ2n) is 11.8. The molecule has 232 valence electrons. The molecular formula is C33H49N3O6. The zero-order valence-corrected chi connectivity index (χ0v) is 26.2. The first-order valence-electron chi connectivity index (χ1n) is 15.0. The molecular weight excluding hydrogens is 534 g/mol. The van der Waals surface area contributed by atoms with Gasteiger partial charge in [-0.3, -0.25) is 4.90 Å². The topological polar surface area (TPSA) is 110 Å². The molecule has 9 nitrogen and oxygen atoms in total. The van der Waals surface area contributed by atoms with Crippen LogP contribution in [0.3, 0.4) is 0 Å². The van der Waals surface area contributed by atoms with E-state index in [-0.39, 0.29) is 47.2 Å². The lowest BCUT2D eigenvalue weighted by Gasteiger charge is -2.42. The van der Waals surface area contributed by atoms with E-state index in [1.165, 1.54) is 5.56 Å². The first kappa shape index (κ1) is 31.8. The van der Waals surface area contributed by atoms with Crippen LogP contribution in [0.25, 0.3) is 0 Å². The quantitative estimate of drug-likeness (QED) is 0.211. The predicted octanol–water partition coefficient (Wildman–Crippen LogP) is 5.10. The Morgan fingerprint density at radius 2 is 1.81 bits per heavy atom. The number of nitrogens with zero attached hydrogens (tertiary/aromatic N) is 2. The maximum absolute atomic E-state index is 10.2. The number of likely N-dealkylation sites (N-methyl/N-ethyl adjacent to an activating group) is 1. The number of rotatable bonds is 9. The lowest BCUT2D eigenvalue weighted by molar-refractivity contribution is -0.0122. The molecule has 2 aliphatic rings. The fraction of sp³-hybridized carbons (Fsp3) is 0.576. The van der Waals surface area contributed by atoms with E-state index in [4.69, 9.17) is 24.7 Å². The van der Waals surface area contributed by atoms with E-state index < -0.39 is 0 Å². The molecule has 0 saturated carbocycles. The molecule has 0 bridgehead atoms. The van der Waals surface area contributed by atoms with Gasteiger partial charge >= 0.3 is 0 Å². The van der Waals surface area contributed by atoms with Gasteiger partial charge in [0.2, 0.25) is 0 Å². The molecule has 0 aliphatic carbocycles. The van der Waals surface area contributed by atoms with Crippen molar-refractivity contribution in [3.63, 3.8) is 0 Å². The van der Waals surface area contributed by atoms with E-state index >= 15 is 0 Å². The second kappa shape index (κ2) is 13.9. The van der Waals surface area contributed by atoms with E-state index in [0.717, 1.165) is 55.7 Å². The summed E-state index contributed by atoms with van der Waals surface area (Å²) in [5.41, 5.74) is 9.30. The highest BCUT2D eigenvalue weighted by atomic mass is 16.5. The number of phenols is 2. The highest BCUT2D eigenvalue weighted by Gasteiger charge is 2.39. The van der Waals surface area contributed by atoms with Crippen LogP contribution in [0.2, 0.25) is 0 Å². The molecule has 0 spiro atoms. The minimum absolute atomic E-state index is 0.00733. The standard InChI is InChI=1S/C33H49N3O6/c1-8-25-32(20(2)28(40-6)10-9-12-35(25)3)31(19-39-5)42-30-18-23-22(17-29(30)41-7)11-13-36(4)26(23)15-21-14-24(34)33(38)27(37)16-21/h14,16-20,25-26,28,32,37-38H,8-13,15,34H2,1-7H3/b31-19-/t20-,25?,26?,28+,32-/m0/s1. The summed E-state index contributed by atoms with van der Waals surface area (Å²) in [6, 6.07) is 7.73. The molecule has 2 heterocycles. The van der Waals surface area contributed by atoms with Crippen LogP contribution in [0, 0.1) is 11.8 Å². The molecule has 2 aromatic rings. The summed E-state index contributed by atoms with van der Waals surface area (Å²) in [4.78, 5) is 4.74. The smallest absolute Gasteiger partial charge is 0.180 e. The molecule has 1 fully saturated rings. The van der Waals surface area contributed by atoms with Gasteiger partial charge in [-0.2, -0.15) is 0 Å². The first-order valence-corrected chi connectivity index (χ1v) is 15.0. The summed E-state index contributed by atoms with van der Waals surface area (Å²) in [6.07, 6.45) is 6.36. The molecule has 9 heteroatoms. The summed E-state index contributed by atoms with van der Waals surface area (Å²) in [5, 5.41) is 20.2. The highest BCUT2D eigenvalue weighted by molar-refractivity contribution is 5.61. The van der Waals surface area contributed by atoms with Crippen LogP contribution in [0.5, 0.6) is 23.0 Å². The molecule has 5 atom stereocenters. The minimum Gasteiger partial charge on any atom is -0.504 e. The van der Waals surface area contributed by atoms with Gasteiger partial charge in [0.15, 0.2) is 23.0 Å². The maximum atomic E-state index is 10.2. The van der Waals surface area contributed by atoms with Crippen molar-refractivity contribution in [1.82, 2.24) is 9.80 Å². The van der Waals surface area contributed by atoms with Crippen LogP contribution in [0.15, 0.2) is 36.3 Å². The summed E-state index contributed by atoms with van der Waals surface area (Å²) in [7, 11) is 9.42. The molecule has 2 aliphatic heterocycles. The number of methoxy groups -OCH3 is 3. The SMILES string of the molecule is CCC1[C@@H](/C(=C/OC)Oc2cc3c(cc2OC)CCN(C)C3Cc2cc(N)c(O)c(O)c2)[C@@H](C)[C@H](OC)CCCN1C. The van der Waals surface area contributed by atoms with E-state index in [0.29, 0.717) is 17.9 Å². The van der Waals surface area contributed by atoms with Crippen molar-refractivity contribution in [3.8, 4) is 23.0 Å². The molecule has 4 N–H and O–H groups in total. The van der Waals surface area contributed by atoms with Crippen molar-refractivity contribution in [3.05, 3.63) is 53.0 Å². The zero-order valence-electron chi connectivity index (χ0n) is 26.2. The number of likely N-dealkylation sites (tertiary alicyclic amines) is 1. The van der Waals surface area contributed by atoms with Crippen LogP contribution in [-0.4, -0.2) is 80.7 Å². The van der Waals surface area contributed by atoms with Gasteiger partial charge < -0.3 is 39.8 Å². The Kier molecular flexibility index (Phi) is 10.5. The third-order valence-electron chi connectivity index (χ3n) is 9.30. The Balaban J connectivity index is 1.75. The van der Waals surface area contributed by atoms with Crippen molar-refractivity contribution < 1.29 is 29.2 Å². The van der Waals surface area contributed by atoms with Crippen molar-refractivity contribution in [1.29, 1.82) is 0 Å². The van der Waals surface area contributed by atoms with E-state index in [1.807, 2.05) is 0 Å². The molecule has 0 aromatic heterocycles. The monoisotopic (exact) mass is 583 g/mol. The largest absolute Gasteiger partial charge is 0.504 e. The molecule has 42 heavy (non-hydrogen) atoms. The number of hydrogen-bond donors (Lipinski definition) is 3. The Hall–Kier alpha value is -3.14. The second-order valence-corrected chi connectivity index (χ2v) is 11.8. The minimum atomic E-state index is -0.288. The van der Waals surface area contributed by atoms with E-state index in [2.05, 4.69) is 49.9 Å². The lowest BCUT2D eigenvalue weighted by atomic mass is 9.78. The third-order valence-corrected chi connectivity index (χ3v) is 9.30. The molecule has 1 saturated heterocycles. The maximum Gasteiger partial charge on any atom is 0.180 e. The number of aromatic hydroxyl groups is 2. The number of ether oxygens (including phenoxy) is 4. The van der Waals surface area contributed by atoms with Crippen LogP contribution >= 0.6 is 0 Å². The highest BCUT2D eigenvalue weighted by Crippen LogP contribution is 2.43. The Labute approximate surface area is 250 Å². The summed E-state index contributed by atoms with van der Waals surface area (Å²) >= 11 is 0. The van der Waals surface area contributed by atoms with Gasteiger partial charge in [0, 0.05) is 31.7 Å². The number of hydrogen-bond acceptors (Lipinski definition) is 9. The first-order chi connectivity index (χ1) is 20.1. The third kappa shape index (κ3) is 6.58. The van der Waals surface area contributed by atoms with Gasteiger partial charge in [-0.25, -0.2) is 0 Å². The summed E-state index contributed by atoms with van der Waals surface area (Å²) < 4.78 is 24.3. The fourth-order valence-electron chi connectivity index (χ4n) is 6.97. The molecule has 4 rings (SSSR count). The number of anilines is 1. The van der Waals surface area contributed by atoms with Gasteiger partial charge in [-0.05, 0) is 99.6 Å². The molecule has 2 unspecified atom stereocenters. The predicted molar refractivity (Wildman–Crippen MR) is 165 cm³/mol. The van der Waals surface area contributed by atoms with Crippen molar-refractivity contribution in [2.45, 2.75) is 64.1 Å². The van der Waals surface area contributed by atoms with Crippen molar-refractivity contribution >= 4 is 5.69 Å².